The van der Waals surface area contributed by atoms with Gasteiger partial charge in [-0.25, -0.2) is 0 Å². The molecule has 0 spiro atoms. The van der Waals surface area contributed by atoms with Gasteiger partial charge in [0, 0.05) is 50.9 Å². The number of benzene rings is 18. The number of hydrogen-bond donors (Lipinski definition) is 0. The Morgan fingerprint density at radius 3 is 0.897 bits per heavy atom. The molecule has 116 heavy (non-hydrogen) atoms. The van der Waals surface area contributed by atoms with Crippen LogP contribution in [0.2, 0.25) is 0 Å². The summed E-state index contributed by atoms with van der Waals surface area (Å²) in [6, 6.07) is 165. The zero-order chi connectivity index (χ0) is 77.6. The summed E-state index contributed by atoms with van der Waals surface area (Å²) in [5, 5.41) is 0. The van der Waals surface area contributed by atoms with E-state index in [0.717, 1.165) is 157 Å². The highest BCUT2D eigenvalue weighted by Crippen LogP contribution is 2.53. The molecule has 2 aliphatic heterocycles. The van der Waals surface area contributed by atoms with Crippen molar-refractivity contribution in [2.24, 2.45) is 0 Å². The Balaban J connectivity index is 0.888. The number of nitrogens with zero attached hydrogens (tertiary/aromatic N) is 3. The van der Waals surface area contributed by atoms with E-state index in [9.17, 15) is 0 Å². The van der Waals surface area contributed by atoms with Crippen LogP contribution in [0.5, 0.6) is 0 Å². The molecule has 0 atom stereocenters. The topological polar surface area (TPSA) is 9.72 Å². The molecule has 20 rings (SSSR count). The molecule has 18 aromatic rings. The molecule has 0 N–H and O–H groups in total. The number of hydrogen-bond acceptors (Lipinski definition) is 3. The van der Waals surface area contributed by atoms with Gasteiger partial charge in [-0.15, -0.1) is 0 Å². The van der Waals surface area contributed by atoms with Gasteiger partial charge in [-0.05, 0) is 260 Å². The van der Waals surface area contributed by atoms with Gasteiger partial charge in [0.1, 0.15) is 0 Å². The Morgan fingerprint density at radius 1 is 0.190 bits per heavy atom. The van der Waals surface area contributed by atoms with Crippen molar-refractivity contribution in [1.82, 2.24) is 0 Å². The van der Waals surface area contributed by atoms with Crippen LogP contribution in [-0.2, 0) is 5.41 Å². The first-order valence-electron chi connectivity index (χ1n) is 40.3. The molecule has 4 heteroatoms. The predicted octanol–water partition coefficient (Wildman–Crippen LogP) is 28.9. The summed E-state index contributed by atoms with van der Waals surface area (Å²) in [5.41, 5.74) is 39.5. The molecular weight excluding hydrogens is 1400 g/mol. The predicted molar refractivity (Wildman–Crippen MR) is 494 cm³/mol. The molecule has 0 aliphatic carbocycles. The Morgan fingerprint density at radius 2 is 0.491 bits per heavy atom. The maximum Gasteiger partial charge on any atom is 0.252 e. The van der Waals surface area contributed by atoms with Gasteiger partial charge in [-0.3, -0.25) is 0 Å². The smallest absolute Gasteiger partial charge is 0.252 e. The minimum Gasteiger partial charge on any atom is -0.311 e. The lowest BCUT2D eigenvalue weighted by atomic mass is 9.33. The molecule has 548 valence electrons. The highest BCUT2D eigenvalue weighted by molar-refractivity contribution is 7.00. The Labute approximate surface area is 681 Å². The van der Waals surface area contributed by atoms with Crippen LogP contribution in [0.3, 0.4) is 0 Å². The molecule has 0 saturated heterocycles. The van der Waals surface area contributed by atoms with Crippen LogP contribution in [0, 0.1) is 0 Å². The fourth-order valence-electron chi connectivity index (χ4n) is 17.6. The second-order valence-electron chi connectivity index (χ2n) is 31.6. The van der Waals surface area contributed by atoms with Gasteiger partial charge in [-0.1, -0.05) is 342 Å². The van der Waals surface area contributed by atoms with Crippen molar-refractivity contribution < 1.29 is 0 Å². The Kier molecular flexibility index (Phi) is 18.3. The van der Waals surface area contributed by atoms with E-state index in [0.29, 0.717) is 0 Å². The molecule has 0 aromatic heterocycles. The third kappa shape index (κ3) is 13.5. The van der Waals surface area contributed by atoms with E-state index >= 15 is 0 Å². The second-order valence-corrected chi connectivity index (χ2v) is 31.6. The molecule has 18 aromatic carbocycles. The van der Waals surface area contributed by atoms with Crippen LogP contribution in [0.25, 0.3) is 122 Å². The fraction of sp³-hybridized carbons (Fsp3) is 0.0357. The number of anilines is 9. The number of fused-ring (bicyclic) bond motifs is 4. The van der Waals surface area contributed by atoms with E-state index < -0.39 is 0 Å². The van der Waals surface area contributed by atoms with Gasteiger partial charge < -0.3 is 14.7 Å². The summed E-state index contributed by atoms with van der Waals surface area (Å²) in [5.74, 6) is 0. The Hall–Kier alpha value is -14.6. The molecule has 0 unspecified atom stereocenters. The molecule has 3 nitrogen and oxygen atoms in total. The summed E-state index contributed by atoms with van der Waals surface area (Å²) in [6.07, 6.45) is 0. The van der Waals surface area contributed by atoms with Crippen LogP contribution in [-0.4, -0.2) is 6.71 Å². The lowest BCUT2D eigenvalue weighted by Crippen LogP contribution is -2.61. The van der Waals surface area contributed by atoms with Crippen molar-refractivity contribution in [1.29, 1.82) is 0 Å². The van der Waals surface area contributed by atoms with E-state index in [1.54, 1.807) is 0 Å². The van der Waals surface area contributed by atoms with Crippen LogP contribution >= 0.6 is 0 Å². The van der Waals surface area contributed by atoms with E-state index in [2.05, 4.69) is 478 Å². The maximum atomic E-state index is 2.66. The number of rotatable bonds is 16. The van der Waals surface area contributed by atoms with Gasteiger partial charge in [0.05, 0.1) is 11.4 Å². The van der Waals surface area contributed by atoms with Gasteiger partial charge in [0.25, 0.3) is 6.71 Å². The van der Waals surface area contributed by atoms with Gasteiger partial charge in [0.2, 0.25) is 0 Å². The summed E-state index contributed by atoms with van der Waals surface area (Å²) < 4.78 is 0. The zero-order valence-corrected chi connectivity index (χ0v) is 65.1. The van der Waals surface area contributed by atoms with Crippen LogP contribution in [0.4, 0.5) is 51.2 Å². The SMILES string of the molecule is CC(C)(C)c1cc2c3c(c1)N(c1ccccc1-c1cc(-c4ccccc4)cc(-c4ccccc4)c1)c1cc(N(c4ccc(-c5ccccc5)cc4)c4cccc(-c5ccccc5)c4)ccc1B3c1cc(-c3cc(-c4ccccc4)cc(-c4ccccc4)c3)ccc1N2c1ccccc1-c1cc(-c2ccccc2)cc(-c2ccccc2)c1. The van der Waals surface area contributed by atoms with Crippen LogP contribution in [0.1, 0.15) is 26.3 Å². The Bertz CT molecular complexity index is 6470. The minimum atomic E-state index is -0.334. The number of para-hydroxylation sites is 2. The summed E-state index contributed by atoms with van der Waals surface area (Å²) in [6.45, 7) is 6.85. The van der Waals surface area contributed by atoms with E-state index in [4.69, 9.17) is 0 Å². The average Bonchev–Trinajstić information content (AvgIpc) is 0.689. The summed E-state index contributed by atoms with van der Waals surface area (Å²) >= 11 is 0. The lowest BCUT2D eigenvalue weighted by Gasteiger charge is -2.46. The average molecular weight is 1480 g/mol. The van der Waals surface area contributed by atoms with E-state index in [1.165, 1.54) is 38.6 Å². The summed E-state index contributed by atoms with van der Waals surface area (Å²) in [4.78, 5) is 7.78. The quantitative estimate of drug-likeness (QED) is 0.0893. The molecule has 2 aliphatic rings. The summed E-state index contributed by atoms with van der Waals surface area (Å²) in [7, 11) is 0. The molecular formula is C112H82BN3. The monoisotopic (exact) mass is 1480 g/mol. The molecule has 0 bridgehead atoms. The minimum absolute atomic E-state index is 0.289. The third-order valence-corrected chi connectivity index (χ3v) is 23.3. The second kappa shape index (κ2) is 30.2. The molecule has 0 amide bonds. The fourth-order valence-corrected chi connectivity index (χ4v) is 17.6. The molecule has 0 fully saturated rings. The normalized spacial score (nSPS) is 12.0. The van der Waals surface area contributed by atoms with Crippen molar-refractivity contribution in [3.63, 3.8) is 0 Å². The zero-order valence-electron chi connectivity index (χ0n) is 65.1. The maximum absolute atomic E-state index is 2.66. The third-order valence-electron chi connectivity index (χ3n) is 23.3. The van der Waals surface area contributed by atoms with Gasteiger partial charge in [-0.2, -0.15) is 0 Å². The molecule has 2 heterocycles. The molecule has 0 radical (unpaired) electrons. The van der Waals surface area contributed by atoms with Crippen molar-refractivity contribution in [2.75, 3.05) is 14.7 Å². The first kappa shape index (κ1) is 70.5. The van der Waals surface area contributed by atoms with E-state index in [-0.39, 0.29) is 12.1 Å². The first-order valence-corrected chi connectivity index (χ1v) is 40.3. The van der Waals surface area contributed by atoms with Crippen LogP contribution in [0.15, 0.2) is 443 Å². The van der Waals surface area contributed by atoms with Gasteiger partial charge in [0.15, 0.2) is 0 Å². The van der Waals surface area contributed by atoms with Crippen LogP contribution < -0.4 is 31.1 Å². The van der Waals surface area contributed by atoms with Crippen molar-refractivity contribution in [2.45, 2.75) is 26.2 Å². The molecule has 0 saturated carbocycles. The largest absolute Gasteiger partial charge is 0.311 e. The van der Waals surface area contributed by atoms with Crippen molar-refractivity contribution >= 4 is 74.3 Å². The standard InChI is InChI=1S/C112H82BN3/c1-112(2,3)97-74-109-111-110(75-97)116(106-54-31-29-52-102(106)96-70-92(83-45-24-10-25-46-83)65-93(71-96)84-47-26-11-27-48-84)108-76-100(114(98-58-55-85(56-59-98)77-33-12-4-13-34-77)99-50-32-49-86(72-99)78-35-14-5-15-36-78)60-61-103(108)113(111)104-73-87(94-66-88(79-37-16-6-17-38-79)63-89(67-94)80-39-18-7-19-40-80)57-62-107(104)115(109)105-53-30-28-51-101(105)95-68-90(81-41-20-8-21-42-81)64-91(69-95)82-43-22-9-23-44-82/h4-76H,1-3H3. The highest BCUT2D eigenvalue weighted by atomic mass is 15.2. The highest BCUT2D eigenvalue weighted by Gasteiger charge is 2.46. The first-order chi connectivity index (χ1) is 57.1. The van der Waals surface area contributed by atoms with Crippen molar-refractivity contribution in [3.05, 3.63) is 448 Å². The van der Waals surface area contributed by atoms with Gasteiger partial charge >= 0.3 is 0 Å². The van der Waals surface area contributed by atoms with E-state index in [1.807, 2.05) is 0 Å². The van der Waals surface area contributed by atoms with Crippen molar-refractivity contribution in [3.8, 4) is 122 Å². The lowest BCUT2D eigenvalue weighted by molar-refractivity contribution is 0.590.